The molecule has 0 saturated heterocycles. The highest BCUT2D eigenvalue weighted by atomic mass is 35.5. The molecule has 0 aliphatic carbocycles. The van der Waals surface area contributed by atoms with Crippen LogP contribution in [0, 0.1) is 0 Å². The minimum Gasteiger partial charge on any atom is -0.453 e. The van der Waals surface area contributed by atoms with Gasteiger partial charge in [-0.3, -0.25) is 14.6 Å². The molecular weight excluding hydrogens is 436 g/mol. The molecule has 0 unspecified atom stereocenters. The Morgan fingerprint density at radius 3 is 1.52 bits per heavy atom. The molecule has 3 rings (SSSR count). The van der Waals surface area contributed by atoms with E-state index < -0.39 is 0 Å². The second-order valence-corrected chi connectivity index (χ2v) is 7.94. The first-order valence-electron chi connectivity index (χ1n) is 12.0. The van der Waals surface area contributed by atoms with Crippen LogP contribution in [0.3, 0.4) is 0 Å². The summed E-state index contributed by atoms with van der Waals surface area (Å²) in [5, 5.41) is 0. The molecule has 1 aliphatic rings. The Kier molecular flexibility index (Phi) is 9.87. The fourth-order valence-electron chi connectivity index (χ4n) is 4.34. The molecule has 6 nitrogen and oxygen atoms in total. The van der Waals surface area contributed by atoms with Gasteiger partial charge in [-0.1, -0.05) is 13.8 Å². The van der Waals surface area contributed by atoms with Crippen molar-refractivity contribution in [2.24, 2.45) is 0 Å². The summed E-state index contributed by atoms with van der Waals surface area (Å²) in [6, 6.07) is 12.3. The third-order valence-corrected chi connectivity index (χ3v) is 6.35. The van der Waals surface area contributed by atoms with Gasteiger partial charge in [0.2, 0.25) is 5.91 Å². The van der Waals surface area contributed by atoms with E-state index >= 15 is 0 Å². The number of amides is 1. The van der Waals surface area contributed by atoms with Gasteiger partial charge in [0.05, 0.1) is 17.9 Å². The van der Waals surface area contributed by atoms with E-state index in [-0.39, 0.29) is 18.3 Å². The molecule has 0 saturated carbocycles. The van der Waals surface area contributed by atoms with E-state index in [1.807, 2.05) is 17.0 Å². The molecule has 2 aromatic carbocycles. The summed E-state index contributed by atoms with van der Waals surface area (Å²) >= 11 is 0. The molecule has 0 N–H and O–H groups in total. The number of benzene rings is 2. The summed E-state index contributed by atoms with van der Waals surface area (Å²) < 4.78 is 6.41. The van der Waals surface area contributed by atoms with Gasteiger partial charge in [-0.05, 0) is 65.0 Å². The summed E-state index contributed by atoms with van der Waals surface area (Å²) in [7, 11) is 0. The van der Waals surface area contributed by atoms with Crippen LogP contribution in [0.25, 0.3) is 0 Å². The van der Waals surface area contributed by atoms with Crippen molar-refractivity contribution in [3.8, 4) is 11.5 Å². The van der Waals surface area contributed by atoms with Crippen LogP contribution in [0.1, 0.15) is 41.5 Å². The van der Waals surface area contributed by atoms with Crippen LogP contribution < -0.4 is 19.4 Å². The summed E-state index contributed by atoms with van der Waals surface area (Å²) in [5.74, 6) is 1.52. The Labute approximate surface area is 205 Å². The number of nitrogens with zero attached hydrogens (tertiary/aromatic N) is 4. The molecule has 182 valence electrons. The number of anilines is 4. The lowest BCUT2D eigenvalue weighted by Crippen LogP contribution is -2.39. The van der Waals surface area contributed by atoms with Crippen LogP contribution >= 0.6 is 12.4 Å². The maximum absolute atomic E-state index is 13.5. The van der Waals surface area contributed by atoms with Crippen LogP contribution in [0.15, 0.2) is 36.4 Å². The maximum Gasteiger partial charge on any atom is 0.245 e. The van der Waals surface area contributed by atoms with Crippen molar-refractivity contribution >= 4 is 41.1 Å². The molecule has 0 atom stereocenters. The quantitative estimate of drug-likeness (QED) is 0.427. The predicted octanol–water partition coefficient (Wildman–Crippen LogP) is 5.91. The highest BCUT2D eigenvalue weighted by Crippen LogP contribution is 2.49. The van der Waals surface area contributed by atoms with E-state index in [9.17, 15) is 4.79 Å². The van der Waals surface area contributed by atoms with Gasteiger partial charge in [-0.25, -0.2) is 0 Å². The first-order chi connectivity index (χ1) is 15.5. The normalized spacial score (nSPS) is 11.9. The lowest BCUT2D eigenvalue weighted by molar-refractivity contribution is -0.119. The van der Waals surface area contributed by atoms with E-state index in [0.29, 0.717) is 6.54 Å². The fourth-order valence-corrected chi connectivity index (χ4v) is 4.34. The molecule has 1 amide bonds. The highest BCUT2D eigenvalue weighted by Gasteiger charge is 2.31. The van der Waals surface area contributed by atoms with E-state index in [1.54, 1.807) is 0 Å². The van der Waals surface area contributed by atoms with E-state index in [4.69, 9.17) is 4.74 Å². The number of ether oxygens (including phenoxy) is 1. The van der Waals surface area contributed by atoms with Crippen molar-refractivity contribution < 1.29 is 9.53 Å². The zero-order chi connectivity index (χ0) is 23.3. The molecular formula is C26H39ClN4O2. The van der Waals surface area contributed by atoms with Gasteiger partial charge in [0, 0.05) is 49.7 Å². The maximum atomic E-state index is 13.5. The zero-order valence-corrected chi connectivity index (χ0v) is 21.7. The summed E-state index contributed by atoms with van der Waals surface area (Å²) in [5.41, 5.74) is 3.82. The van der Waals surface area contributed by atoms with Crippen molar-refractivity contribution in [2.45, 2.75) is 41.5 Å². The predicted molar refractivity (Wildman–Crippen MR) is 142 cm³/mol. The number of hydrogen-bond acceptors (Lipinski definition) is 5. The second kappa shape index (κ2) is 12.1. The molecule has 0 spiro atoms. The van der Waals surface area contributed by atoms with Gasteiger partial charge in [-0.15, -0.1) is 12.4 Å². The number of rotatable bonds is 10. The molecule has 1 aliphatic heterocycles. The molecule has 0 bridgehead atoms. The number of carbonyl (C=O) groups excluding carboxylic acids is 1. The van der Waals surface area contributed by atoms with E-state index in [1.165, 1.54) is 0 Å². The zero-order valence-electron chi connectivity index (χ0n) is 20.9. The smallest absolute Gasteiger partial charge is 0.245 e. The number of fused-ring (bicyclic) bond motifs is 2. The highest BCUT2D eigenvalue weighted by molar-refractivity contribution is 6.05. The first-order valence-corrected chi connectivity index (χ1v) is 12.0. The van der Waals surface area contributed by atoms with Crippen LogP contribution in [0.5, 0.6) is 11.5 Å². The molecule has 33 heavy (non-hydrogen) atoms. The summed E-state index contributed by atoms with van der Waals surface area (Å²) in [4.78, 5) is 22.1. The number of likely N-dealkylation sites (N-methyl/N-ethyl adjacent to an activating group) is 1. The SMILES string of the molecule is CCN(CC)CC(=O)N1c2ccc(N(CC)CC)cc2Oc2cc(N(CC)CC)ccc21.Cl. The van der Waals surface area contributed by atoms with Crippen LogP contribution in [-0.2, 0) is 4.79 Å². The third-order valence-electron chi connectivity index (χ3n) is 6.35. The lowest BCUT2D eigenvalue weighted by atomic mass is 10.1. The summed E-state index contributed by atoms with van der Waals surface area (Å²) in [6.07, 6.45) is 0. The van der Waals surface area contributed by atoms with Crippen molar-refractivity contribution in [3.05, 3.63) is 36.4 Å². The van der Waals surface area contributed by atoms with E-state index in [0.717, 1.165) is 73.5 Å². The number of hydrogen-bond donors (Lipinski definition) is 0. The standard InChI is InChI=1S/C26H38N4O2.ClH/c1-7-27(8-2)19-26(31)30-22-15-13-20(28(9-3)10-4)17-24(22)32-25-18-21(14-16-23(25)30)29(11-5)12-6;/h13-18H,7-12,19H2,1-6H3;1H. The molecule has 0 aromatic heterocycles. The molecule has 7 heteroatoms. The largest absolute Gasteiger partial charge is 0.453 e. The van der Waals surface area contributed by atoms with Gasteiger partial charge < -0.3 is 14.5 Å². The Balaban J connectivity index is 0.00000385. The van der Waals surface area contributed by atoms with Crippen molar-refractivity contribution in [2.75, 3.05) is 60.5 Å². The van der Waals surface area contributed by atoms with Gasteiger partial charge in [0.25, 0.3) is 0 Å². The van der Waals surface area contributed by atoms with Crippen molar-refractivity contribution in [3.63, 3.8) is 0 Å². The van der Waals surface area contributed by atoms with Crippen LogP contribution in [-0.4, -0.2) is 56.6 Å². The molecule has 2 aromatic rings. The minimum absolute atomic E-state index is 0. The second-order valence-electron chi connectivity index (χ2n) is 7.94. The number of halogens is 1. The topological polar surface area (TPSA) is 39.3 Å². The van der Waals surface area contributed by atoms with E-state index in [2.05, 4.69) is 80.5 Å². The monoisotopic (exact) mass is 474 g/mol. The fraction of sp³-hybridized carbons (Fsp3) is 0.500. The van der Waals surface area contributed by atoms with Gasteiger partial charge in [0.15, 0.2) is 11.5 Å². The lowest BCUT2D eigenvalue weighted by Gasteiger charge is -2.34. The van der Waals surface area contributed by atoms with Gasteiger partial charge in [0.1, 0.15) is 0 Å². The van der Waals surface area contributed by atoms with Crippen molar-refractivity contribution in [1.82, 2.24) is 4.90 Å². The van der Waals surface area contributed by atoms with Crippen LogP contribution in [0.2, 0.25) is 0 Å². The average molecular weight is 475 g/mol. The van der Waals surface area contributed by atoms with Gasteiger partial charge >= 0.3 is 0 Å². The van der Waals surface area contributed by atoms with Gasteiger partial charge in [-0.2, -0.15) is 0 Å². The number of carbonyl (C=O) groups is 1. The van der Waals surface area contributed by atoms with Crippen molar-refractivity contribution in [1.29, 1.82) is 0 Å². The Bertz CT molecular complexity index is 863. The third kappa shape index (κ3) is 5.56. The van der Waals surface area contributed by atoms with Crippen LogP contribution in [0.4, 0.5) is 22.7 Å². The summed E-state index contributed by atoms with van der Waals surface area (Å²) in [6.45, 7) is 18.5. The Morgan fingerprint density at radius 1 is 0.727 bits per heavy atom. The molecule has 1 heterocycles. The molecule has 0 radical (unpaired) electrons. The average Bonchev–Trinajstić information content (AvgIpc) is 2.82. The molecule has 0 fully saturated rings. The minimum atomic E-state index is 0. The first kappa shape index (κ1) is 26.8. The Morgan fingerprint density at radius 2 is 1.15 bits per heavy atom. The Hall–Kier alpha value is -2.44.